The molecule has 0 bridgehead atoms. The molecule has 0 atom stereocenters. The number of carbonyl (C=O) groups is 1. The first-order valence-electron chi connectivity index (χ1n) is 5.84. The molecule has 0 aliphatic carbocycles. The molecule has 0 unspecified atom stereocenters. The molecule has 17 heavy (non-hydrogen) atoms. The Hall–Kier alpha value is 0.390. The molecule has 0 aromatic rings. The highest BCUT2D eigenvalue weighted by atomic mass is 32.9. The topological polar surface area (TPSA) is 38.8 Å². The second-order valence-corrected chi connectivity index (χ2v) is 9.43. The number of nitrogens with zero attached hydrogens (tertiary/aromatic N) is 1. The molecule has 7 heteroatoms. The van der Waals surface area contributed by atoms with E-state index in [1.165, 1.54) is 11.4 Å². The van der Waals surface area contributed by atoms with Gasteiger partial charge < -0.3 is 13.9 Å². The SMILES string of the molecule is CCOP(=S)(OCC)SCC(=O)N(CC)CC. The molecule has 0 saturated heterocycles. The predicted octanol–water partition coefficient (Wildman–Crippen LogP) is 2.89. The van der Waals surface area contributed by atoms with Crippen LogP contribution in [0.3, 0.4) is 0 Å². The van der Waals surface area contributed by atoms with Crippen LogP contribution in [0.5, 0.6) is 0 Å². The van der Waals surface area contributed by atoms with E-state index in [1.807, 2.05) is 27.7 Å². The third-order valence-electron chi connectivity index (χ3n) is 2.04. The van der Waals surface area contributed by atoms with Gasteiger partial charge in [0.1, 0.15) is 0 Å². The zero-order valence-electron chi connectivity index (χ0n) is 11.0. The van der Waals surface area contributed by atoms with Crippen LogP contribution in [-0.2, 0) is 25.6 Å². The molecule has 0 fully saturated rings. The van der Waals surface area contributed by atoms with E-state index in [-0.39, 0.29) is 5.91 Å². The van der Waals surface area contributed by atoms with E-state index in [4.69, 9.17) is 20.9 Å². The van der Waals surface area contributed by atoms with Crippen molar-refractivity contribution in [3.8, 4) is 0 Å². The van der Waals surface area contributed by atoms with Crippen molar-refractivity contribution in [3.05, 3.63) is 0 Å². The molecule has 0 aliphatic heterocycles. The Kier molecular flexibility index (Phi) is 9.55. The number of hydrogen-bond acceptors (Lipinski definition) is 5. The average Bonchev–Trinajstić information content (AvgIpc) is 2.29. The lowest BCUT2D eigenvalue weighted by Gasteiger charge is -2.22. The van der Waals surface area contributed by atoms with Crippen LogP contribution in [-0.4, -0.2) is 42.9 Å². The third kappa shape index (κ3) is 6.77. The zero-order valence-corrected chi connectivity index (χ0v) is 13.5. The molecule has 102 valence electrons. The molecule has 0 spiro atoms. The van der Waals surface area contributed by atoms with Gasteiger partial charge in [0.2, 0.25) is 11.6 Å². The van der Waals surface area contributed by atoms with E-state index in [0.29, 0.717) is 19.0 Å². The Bertz CT molecular complexity index is 262. The van der Waals surface area contributed by atoms with Crippen molar-refractivity contribution in [1.82, 2.24) is 4.90 Å². The normalized spacial score (nSPS) is 11.5. The van der Waals surface area contributed by atoms with Gasteiger partial charge in [-0.2, -0.15) is 0 Å². The van der Waals surface area contributed by atoms with E-state index in [9.17, 15) is 4.79 Å². The summed E-state index contributed by atoms with van der Waals surface area (Å²) in [6.07, 6.45) is 0. The van der Waals surface area contributed by atoms with Crippen molar-refractivity contribution in [3.63, 3.8) is 0 Å². The van der Waals surface area contributed by atoms with Gasteiger partial charge in [0.25, 0.3) is 0 Å². The van der Waals surface area contributed by atoms with Gasteiger partial charge in [-0.15, -0.1) is 0 Å². The first kappa shape index (κ1) is 17.4. The second-order valence-electron chi connectivity index (χ2n) is 3.12. The van der Waals surface area contributed by atoms with Gasteiger partial charge in [0, 0.05) is 13.1 Å². The molecule has 0 aromatic carbocycles. The smallest absolute Gasteiger partial charge is 0.247 e. The fraction of sp³-hybridized carbons (Fsp3) is 0.900. The Morgan fingerprint density at radius 2 is 1.65 bits per heavy atom. The van der Waals surface area contributed by atoms with Crippen LogP contribution >= 0.6 is 17.1 Å². The minimum Gasteiger partial charge on any atom is -0.343 e. The van der Waals surface area contributed by atoms with Crippen LogP contribution in [0, 0.1) is 0 Å². The molecule has 0 radical (unpaired) electrons. The van der Waals surface area contributed by atoms with Crippen LogP contribution in [0.15, 0.2) is 0 Å². The lowest BCUT2D eigenvalue weighted by Crippen LogP contribution is -2.31. The van der Waals surface area contributed by atoms with Crippen LogP contribution < -0.4 is 0 Å². The van der Waals surface area contributed by atoms with Crippen molar-refractivity contribution in [2.45, 2.75) is 27.7 Å². The standard InChI is InChI=1S/C10H22NO3PS2/c1-5-11(6-2)10(12)9-17-15(16,13-7-3)14-8-4/h5-9H2,1-4H3. The van der Waals surface area contributed by atoms with Gasteiger partial charge >= 0.3 is 0 Å². The summed E-state index contributed by atoms with van der Waals surface area (Å²) in [5, 5.41) is 0. The minimum atomic E-state index is -2.33. The minimum absolute atomic E-state index is 0.0913. The fourth-order valence-electron chi connectivity index (χ4n) is 1.23. The summed E-state index contributed by atoms with van der Waals surface area (Å²) in [5.41, 5.74) is -2.33. The highest BCUT2D eigenvalue weighted by molar-refractivity contribution is 8.68. The van der Waals surface area contributed by atoms with E-state index < -0.39 is 5.69 Å². The first-order chi connectivity index (χ1) is 8.02. The third-order valence-corrected chi connectivity index (χ3v) is 7.43. The Morgan fingerprint density at radius 1 is 1.18 bits per heavy atom. The quantitative estimate of drug-likeness (QED) is 0.612. The number of hydrogen-bond donors (Lipinski definition) is 0. The summed E-state index contributed by atoms with van der Waals surface area (Å²) in [5.74, 6) is 0.424. The monoisotopic (exact) mass is 299 g/mol. The number of rotatable bonds is 9. The van der Waals surface area contributed by atoms with Gasteiger partial charge in [-0.1, -0.05) is 11.4 Å². The van der Waals surface area contributed by atoms with Crippen molar-refractivity contribution in [1.29, 1.82) is 0 Å². The molecular weight excluding hydrogens is 277 g/mol. The summed E-state index contributed by atoms with van der Waals surface area (Å²) in [6, 6.07) is 0. The predicted molar refractivity (Wildman–Crippen MR) is 77.9 cm³/mol. The summed E-state index contributed by atoms with van der Waals surface area (Å²) in [7, 11) is 0. The summed E-state index contributed by atoms with van der Waals surface area (Å²) in [4.78, 5) is 13.6. The number of amides is 1. The van der Waals surface area contributed by atoms with Crippen LogP contribution in [0.1, 0.15) is 27.7 Å². The highest BCUT2D eigenvalue weighted by Gasteiger charge is 2.21. The Morgan fingerprint density at radius 3 is 2.00 bits per heavy atom. The Balaban J connectivity index is 4.30. The van der Waals surface area contributed by atoms with Gasteiger partial charge in [0.15, 0.2) is 0 Å². The Labute approximate surface area is 113 Å². The van der Waals surface area contributed by atoms with E-state index in [1.54, 1.807) is 4.90 Å². The van der Waals surface area contributed by atoms with E-state index in [0.717, 1.165) is 13.1 Å². The molecule has 0 heterocycles. The van der Waals surface area contributed by atoms with E-state index in [2.05, 4.69) is 0 Å². The van der Waals surface area contributed by atoms with Crippen LogP contribution in [0.25, 0.3) is 0 Å². The van der Waals surface area contributed by atoms with Gasteiger partial charge in [-0.25, -0.2) is 0 Å². The number of carbonyl (C=O) groups excluding carboxylic acids is 1. The maximum absolute atomic E-state index is 11.8. The lowest BCUT2D eigenvalue weighted by atomic mass is 10.5. The zero-order chi connectivity index (χ0) is 13.3. The van der Waals surface area contributed by atoms with Crippen molar-refractivity contribution in [2.24, 2.45) is 0 Å². The first-order valence-corrected chi connectivity index (χ1v) is 10.1. The molecular formula is C10H22NO3PS2. The van der Waals surface area contributed by atoms with Gasteiger partial charge in [0.05, 0.1) is 19.0 Å². The van der Waals surface area contributed by atoms with Crippen LogP contribution in [0.4, 0.5) is 0 Å². The van der Waals surface area contributed by atoms with Crippen molar-refractivity contribution >= 4 is 34.8 Å². The lowest BCUT2D eigenvalue weighted by molar-refractivity contribution is -0.127. The molecule has 1 amide bonds. The highest BCUT2D eigenvalue weighted by Crippen LogP contribution is 2.60. The summed E-state index contributed by atoms with van der Waals surface area (Å²) in [6.45, 7) is 10.2. The molecule has 4 nitrogen and oxygen atoms in total. The average molecular weight is 299 g/mol. The van der Waals surface area contributed by atoms with Crippen molar-refractivity contribution < 1.29 is 13.8 Å². The molecule has 0 rings (SSSR count). The largest absolute Gasteiger partial charge is 0.343 e. The fourth-order valence-corrected chi connectivity index (χ4v) is 5.53. The molecule has 0 N–H and O–H groups in total. The van der Waals surface area contributed by atoms with Crippen LogP contribution in [0.2, 0.25) is 0 Å². The molecule has 0 saturated carbocycles. The maximum Gasteiger partial charge on any atom is 0.247 e. The summed E-state index contributed by atoms with van der Waals surface area (Å²) >= 11 is 6.67. The van der Waals surface area contributed by atoms with Gasteiger partial charge in [-0.05, 0) is 39.5 Å². The van der Waals surface area contributed by atoms with Crippen molar-refractivity contribution in [2.75, 3.05) is 32.1 Å². The van der Waals surface area contributed by atoms with E-state index >= 15 is 0 Å². The molecule has 0 aliphatic rings. The maximum atomic E-state index is 11.8. The van der Waals surface area contributed by atoms with Gasteiger partial charge in [-0.3, -0.25) is 4.79 Å². The molecule has 0 aromatic heterocycles. The second kappa shape index (κ2) is 9.34. The summed E-state index contributed by atoms with van der Waals surface area (Å²) < 4.78 is 10.9.